The highest BCUT2D eigenvalue weighted by Crippen LogP contribution is 2.28. The van der Waals surface area contributed by atoms with Crippen molar-refractivity contribution in [3.05, 3.63) is 59.1 Å². The van der Waals surface area contributed by atoms with Gasteiger partial charge in [0.2, 0.25) is 0 Å². The van der Waals surface area contributed by atoms with Crippen LogP contribution in [-0.4, -0.2) is 6.54 Å². The first-order valence-electron chi connectivity index (χ1n) is 6.51. The highest BCUT2D eigenvalue weighted by atomic mass is 35.5. The first-order valence-corrected chi connectivity index (χ1v) is 6.89. The van der Waals surface area contributed by atoms with Crippen LogP contribution in [0.4, 0.5) is 0 Å². The van der Waals surface area contributed by atoms with Crippen molar-refractivity contribution >= 4 is 11.6 Å². The molecule has 100 valence electrons. The Labute approximate surface area is 119 Å². The van der Waals surface area contributed by atoms with Crippen molar-refractivity contribution in [2.75, 3.05) is 6.54 Å². The Kier molecular flexibility index (Phi) is 5.25. The van der Waals surface area contributed by atoms with Gasteiger partial charge in [-0.2, -0.15) is 0 Å². The van der Waals surface area contributed by atoms with Gasteiger partial charge in [0, 0.05) is 17.1 Å². The second kappa shape index (κ2) is 7.17. The van der Waals surface area contributed by atoms with Crippen LogP contribution < -0.4 is 10.1 Å². The smallest absolute Gasteiger partial charge is 0.133 e. The third kappa shape index (κ3) is 4.27. The second-order valence-electron chi connectivity index (χ2n) is 4.34. The lowest BCUT2D eigenvalue weighted by molar-refractivity contribution is 0.472. The Morgan fingerprint density at radius 1 is 1.11 bits per heavy atom. The zero-order valence-corrected chi connectivity index (χ0v) is 11.8. The molecule has 0 atom stereocenters. The molecule has 0 spiro atoms. The molecule has 0 aliphatic heterocycles. The van der Waals surface area contributed by atoms with Crippen LogP contribution in [0, 0.1) is 0 Å². The van der Waals surface area contributed by atoms with Gasteiger partial charge < -0.3 is 10.1 Å². The topological polar surface area (TPSA) is 21.3 Å². The first kappa shape index (κ1) is 13.9. The minimum absolute atomic E-state index is 0.685. The summed E-state index contributed by atoms with van der Waals surface area (Å²) in [7, 11) is 0. The number of hydrogen-bond donors (Lipinski definition) is 1. The van der Waals surface area contributed by atoms with E-state index < -0.39 is 0 Å². The zero-order chi connectivity index (χ0) is 13.5. The fourth-order valence-electron chi connectivity index (χ4n) is 1.78. The molecule has 1 N–H and O–H groups in total. The lowest BCUT2D eigenvalue weighted by Gasteiger charge is -2.12. The molecule has 0 heterocycles. The van der Waals surface area contributed by atoms with Crippen LogP contribution >= 0.6 is 11.6 Å². The zero-order valence-electron chi connectivity index (χ0n) is 11.0. The number of rotatable bonds is 6. The molecule has 3 heteroatoms. The maximum Gasteiger partial charge on any atom is 0.133 e. The van der Waals surface area contributed by atoms with Crippen LogP contribution in [0.15, 0.2) is 48.5 Å². The number of benzene rings is 2. The standard InChI is InChI=1S/C16H18ClNO/c1-2-10-18-12-13-8-9-14(17)11-16(13)19-15-6-4-3-5-7-15/h3-9,11,18H,2,10,12H2,1H3. The van der Waals surface area contributed by atoms with E-state index >= 15 is 0 Å². The fourth-order valence-corrected chi connectivity index (χ4v) is 1.95. The fraction of sp³-hybridized carbons (Fsp3) is 0.250. The highest BCUT2D eigenvalue weighted by molar-refractivity contribution is 6.30. The molecule has 2 aromatic rings. The molecule has 2 nitrogen and oxygen atoms in total. The number of halogens is 1. The molecule has 0 fully saturated rings. The Morgan fingerprint density at radius 3 is 2.63 bits per heavy atom. The van der Waals surface area contributed by atoms with E-state index in [1.54, 1.807) is 0 Å². The maximum absolute atomic E-state index is 6.04. The Hall–Kier alpha value is -1.51. The van der Waals surface area contributed by atoms with Crippen LogP contribution in [0.25, 0.3) is 0 Å². The van der Waals surface area contributed by atoms with E-state index in [0.29, 0.717) is 5.02 Å². The molecule has 2 rings (SSSR count). The largest absolute Gasteiger partial charge is 0.457 e. The molecule has 0 saturated heterocycles. The Morgan fingerprint density at radius 2 is 1.89 bits per heavy atom. The summed E-state index contributed by atoms with van der Waals surface area (Å²) in [6.07, 6.45) is 1.11. The van der Waals surface area contributed by atoms with Gasteiger partial charge in [-0.15, -0.1) is 0 Å². The summed E-state index contributed by atoms with van der Waals surface area (Å²) in [5, 5.41) is 4.06. The average Bonchev–Trinajstić information content (AvgIpc) is 2.43. The van der Waals surface area contributed by atoms with Gasteiger partial charge in [0.15, 0.2) is 0 Å². The van der Waals surface area contributed by atoms with Crippen LogP contribution in [0.2, 0.25) is 5.02 Å². The van der Waals surface area contributed by atoms with Gasteiger partial charge in [-0.3, -0.25) is 0 Å². The van der Waals surface area contributed by atoms with E-state index in [-0.39, 0.29) is 0 Å². The van der Waals surface area contributed by atoms with Crippen molar-refractivity contribution in [3.8, 4) is 11.5 Å². The van der Waals surface area contributed by atoms with E-state index in [0.717, 1.165) is 36.6 Å². The average molecular weight is 276 g/mol. The predicted octanol–water partition coefficient (Wildman–Crippen LogP) is 4.63. The minimum Gasteiger partial charge on any atom is -0.457 e. The molecular formula is C16H18ClNO. The summed E-state index contributed by atoms with van der Waals surface area (Å²) in [4.78, 5) is 0. The lowest BCUT2D eigenvalue weighted by atomic mass is 10.2. The summed E-state index contributed by atoms with van der Waals surface area (Å²) in [5.41, 5.74) is 1.11. The number of hydrogen-bond acceptors (Lipinski definition) is 2. The molecule has 0 aliphatic carbocycles. The number of nitrogens with one attached hydrogen (secondary N) is 1. The first-order chi connectivity index (χ1) is 9.29. The van der Waals surface area contributed by atoms with Crippen LogP contribution in [-0.2, 0) is 6.54 Å². The van der Waals surface area contributed by atoms with Gasteiger partial charge in [-0.1, -0.05) is 42.8 Å². The molecule has 2 aromatic carbocycles. The van der Waals surface area contributed by atoms with Crippen LogP contribution in [0.3, 0.4) is 0 Å². The summed E-state index contributed by atoms with van der Waals surface area (Å²) in [6, 6.07) is 15.5. The molecule has 0 aromatic heterocycles. The molecular weight excluding hydrogens is 258 g/mol. The maximum atomic E-state index is 6.04. The van der Waals surface area contributed by atoms with Crippen LogP contribution in [0.5, 0.6) is 11.5 Å². The molecule has 0 bridgehead atoms. The van der Waals surface area contributed by atoms with Crippen molar-refractivity contribution < 1.29 is 4.74 Å². The van der Waals surface area contributed by atoms with Gasteiger partial charge in [0.25, 0.3) is 0 Å². The van der Waals surface area contributed by atoms with Gasteiger partial charge in [-0.05, 0) is 37.2 Å². The van der Waals surface area contributed by atoms with E-state index in [1.807, 2.05) is 48.5 Å². The third-order valence-electron chi connectivity index (χ3n) is 2.74. The summed E-state index contributed by atoms with van der Waals surface area (Å²) in [5.74, 6) is 1.63. The second-order valence-corrected chi connectivity index (χ2v) is 4.78. The number of ether oxygens (including phenoxy) is 1. The quantitative estimate of drug-likeness (QED) is 0.776. The van der Waals surface area contributed by atoms with Gasteiger partial charge >= 0.3 is 0 Å². The molecule has 0 saturated carbocycles. The van der Waals surface area contributed by atoms with Crippen molar-refractivity contribution in [2.45, 2.75) is 19.9 Å². The van der Waals surface area contributed by atoms with Crippen LogP contribution in [0.1, 0.15) is 18.9 Å². The van der Waals surface area contributed by atoms with E-state index in [4.69, 9.17) is 16.3 Å². The van der Waals surface area contributed by atoms with Gasteiger partial charge in [-0.25, -0.2) is 0 Å². The normalized spacial score (nSPS) is 10.4. The monoisotopic (exact) mass is 275 g/mol. The summed E-state index contributed by atoms with van der Waals surface area (Å²) in [6.45, 7) is 3.93. The third-order valence-corrected chi connectivity index (χ3v) is 2.98. The predicted molar refractivity (Wildman–Crippen MR) is 80.0 cm³/mol. The Balaban J connectivity index is 2.15. The van der Waals surface area contributed by atoms with E-state index in [1.165, 1.54) is 0 Å². The molecule has 0 amide bonds. The van der Waals surface area contributed by atoms with E-state index in [2.05, 4.69) is 12.2 Å². The molecule has 19 heavy (non-hydrogen) atoms. The van der Waals surface area contributed by atoms with Gasteiger partial charge in [0.05, 0.1) is 0 Å². The van der Waals surface area contributed by atoms with Crippen molar-refractivity contribution in [1.29, 1.82) is 0 Å². The van der Waals surface area contributed by atoms with Crippen molar-refractivity contribution in [3.63, 3.8) is 0 Å². The van der Waals surface area contributed by atoms with E-state index in [9.17, 15) is 0 Å². The Bertz CT molecular complexity index is 513. The van der Waals surface area contributed by atoms with Crippen molar-refractivity contribution in [1.82, 2.24) is 5.32 Å². The molecule has 0 radical (unpaired) electrons. The minimum atomic E-state index is 0.685. The summed E-state index contributed by atoms with van der Waals surface area (Å²) < 4.78 is 5.90. The highest BCUT2D eigenvalue weighted by Gasteiger charge is 2.05. The lowest BCUT2D eigenvalue weighted by Crippen LogP contribution is -2.14. The molecule has 0 unspecified atom stereocenters. The number of para-hydroxylation sites is 1. The molecule has 0 aliphatic rings. The van der Waals surface area contributed by atoms with Gasteiger partial charge in [0.1, 0.15) is 11.5 Å². The SMILES string of the molecule is CCCNCc1ccc(Cl)cc1Oc1ccccc1. The van der Waals surface area contributed by atoms with Crippen molar-refractivity contribution in [2.24, 2.45) is 0 Å². The summed E-state index contributed by atoms with van der Waals surface area (Å²) >= 11 is 6.04.